The number of carbonyl (C=O) groups is 8. The van der Waals surface area contributed by atoms with Crippen molar-refractivity contribution in [3.63, 3.8) is 0 Å². The number of amides is 7. The maximum atomic E-state index is 16.2. The van der Waals surface area contributed by atoms with E-state index in [0.29, 0.717) is 0 Å². The number of nitrogens with one attached hydrogen (secondary N) is 8. The molecule has 3 heterocycles. The minimum absolute atomic E-state index is 0.0435. The normalized spacial score (nSPS) is 19.5. The summed E-state index contributed by atoms with van der Waals surface area (Å²) in [6, 6.07) is -12.1. The number of guanidine groups is 5. The Bertz CT molecular complexity index is 3160. The molecule has 7 amide bonds. The lowest BCUT2D eigenvalue weighted by atomic mass is 10.0. The first-order chi connectivity index (χ1) is 44.7. The average Bonchev–Trinajstić information content (AvgIpc) is 0.749. The number of carbonyl (C=O) groups excluding carboxylic acids is 8. The monoisotopic (exact) mass is 1400 g/mol. The highest BCUT2D eigenvalue weighted by Crippen LogP contribution is 2.42. The highest BCUT2D eigenvalue weighted by atomic mass is 32.2. The van der Waals surface area contributed by atoms with Gasteiger partial charge in [-0.25, -0.2) is 35.1 Å². The molecule has 7 unspecified atom stereocenters. The van der Waals surface area contributed by atoms with Crippen LogP contribution in [0.3, 0.4) is 0 Å². The number of thioether (sulfide) groups is 2. The van der Waals surface area contributed by atoms with Crippen molar-refractivity contribution in [2.45, 2.75) is 130 Å². The molecular formula is C54H81F8N23O8S2. The van der Waals surface area contributed by atoms with E-state index in [0.717, 1.165) is 7.05 Å². The maximum absolute atomic E-state index is 16.2. The number of halogens is 8. The SMILES string of the molecule is CNC1CSc2c(F)c(F)c(c(F)c2F)-c2c(F)c(F)c(c(F)c2F)SCC(C(=O)NCC(=O)C(C)C)NC(=O)C(CCCN=C(N)N)NC(=O)C(CCCN=C(N)N)NC(=O)C(CCCN=C(N)N)NC(=O)C(CCCN=C(N)N)NC(=O)C(CCCN=C(N)N)NC1=O. The van der Waals surface area contributed by atoms with Crippen LogP contribution in [-0.2, 0) is 38.4 Å². The van der Waals surface area contributed by atoms with E-state index in [-0.39, 0.29) is 138 Å². The van der Waals surface area contributed by atoms with Gasteiger partial charge in [0.1, 0.15) is 36.3 Å². The molecule has 7 atom stereocenters. The van der Waals surface area contributed by atoms with Crippen LogP contribution in [0.2, 0.25) is 0 Å². The van der Waals surface area contributed by atoms with Gasteiger partial charge in [0.05, 0.1) is 33.5 Å². The number of hydrogen-bond donors (Lipinski definition) is 18. The molecule has 5 rings (SSSR count). The van der Waals surface area contributed by atoms with Gasteiger partial charge in [-0.1, -0.05) is 13.8 Å². The first kappa shape index (κ1) is 80.1. The van der Waals surface area contributed by atoms with Crippen LogP contribution in [0.5, 0.6) is 0 Å². The van der Waals surface area contributed by atoms with Gasteiger partial charge >= 0.3 is 0 Å². The van der Waals surface area contributed by atoms with Gasteiger partial charge in [0, 0.05) is 50.1 Å². The number of aliphatic imine (C=N–C) groups is 5. The second-order valence-electron chi connectivity index (χ2n) is 21.3. The standard InChI is InChI=1S/C54H81F8N23O8S2/c1-22(2)30(86)19-79-43(87)29-21-95-42-39(61)35(57)32(36(58)40(42)62)31-33(55)37(59)41(38(60)34(31)56)94-20-28(73-3)49(93)84-26(12-7-17-77-53(69)70)47(91)82-24(10-5-15-75-51(65)66)45(89)80-23(9-4-14-74-50(63)64)44(88)81-25(11-6-16-76-52(67)68)46(90)83-27(48(92)85-29)13-8-18-78-54(71)72/h22-29,73H,4-21H2,1-3H3,(H,79,87)(H,80,89)(H,81,88)(H,82,91)(H,83,90)(H,84,93)(H,85,92)(H4,63,64,74)(H4,65,66,75)(H4,67,68,76)(H4,69,70,77)(H4,71,72,78). The van der Waals surface area contributed by atoms with Crippen molar-refractivity contribution in [3.05, 3.63) is 46.5 Å². The Hall–Kier alpha value is -9.15. The third-order valence-electron chi connectivity index (χ3n) is 13.8. The van der Waals surface area contributed by atoms with Gasteiger partial charge in [0.15, 0.2) is 82.1 Å². The Morgan fingerprint density at radius 1 is 0.432 bits per heavy atom. The topological polar surface area (TPSA) is 555 Å². The number of nitrogens with zero attached hydrogens (tertiary/aromatic N) is 5. The number of likely N-dealkylation sites (N-methyl/N-ethyl adjacent to an activating group) is 1. The van der Waals surface area contributed by atoms with Gasteiger partial charge < -0.3 is 99.9 Å². The summed E-state index contributed by atoms with van der Waals surface area (Å²) < 4.78 is 129. The minimum atomic E-state index is -2.60. The van der Waals surface area contributed by atoms with Crippen molar-refractivity contribution in [2.24, 2.45) is 88.2 Å². The molecule has 3 aliphatic heterocycles. The Labute approximate surface area is 548 Å². The molecule has 0 aromatic heterocycles. The quantitative estimate of drug-likeness (QED) is 0.0153. The molecule has 2 aromatic rings. The molecule has 0 spiro atoms. The van der Waals surface area contributed by atoms with Crippen LogP contribution < -0.4 is 99.9 Å². The van der Waals surface area contributed by atoms with Gasteiger partial charge in [0.2, 0.25) is 41.4 Å². The Morgan fingerprint density at radius 2 is 0.695 bits per heavy atom. The van der Waals surface area contributed by atoms with Crippen LogP contribution in [-0.4, -0.2) is 177 Å². The highest BCUT2D eigenvalue weighted by Gasteiger charge is 2.38. The summed E-state index contributed by atoms with van der Waals surface area (Å²) in [6.07, 6.45) is -2.02. The second kappa shape index (κ2) is 39.5. The third kappa shape index (κ3) is 25.6. The molecule has 0 aliphatic carbocycles. The molecule has 2 aromatic carbocycles. The van der Waals surface area contributed by atoms with E-state index in [1.807, 2.05) is 0 Å². The van der Waals surface area contributed by atoms with Crippen LogP contribution in [0.25, 0.3) is 11.1 Å². The van der Waals surface area contributed by atoms with Gasteiger partial charge in [-0.3, -0.25) is 63.3 Å². The van der Waals surface area contributed by atoms with Gasteiger partial charge in [0.25, 0.3) is 0 Å². The zero-order chi connectivity index (χ0) is 71.4. The van der Waals surface area contributed by atoms with Crippen molar-refractivity contribution in [2.75, 3.05) is 57.8 Å². The van der Waals surface area contributed by atoms with Crippen molar-refractivity contribution in [1.82, 2.24) is 42.5 Å². The number of ketones is 1. The summed E-state index contributed by atoms with van der Waals surface area (Å²) in [5.41, 5.74) is 50.6. The van der Waals surface area contributed by atoms with Crippen molar-refractivity contribution in [3.8, 4) is 11.1 Å². The predicted molar refractivity (Wildman–Crippen MR) is 340 cm³/mol. The highest BCUT2D eigenvalue weighted by molar-refractivity contribution is 7.99. The van der Waals surface area contributed by atoms with E-state index in [2.05, 4.69) is 67.5 Å². The van der Waals surface area contributed by atoms with Gasteiger partial charge in [-0.15, -0.1) is 23.5 Å². The molecule has 28 N–H and O–H groups in total. The van der Waals surface area contributed by atoms with E-state index in [1.165, 1.54) is 13.8 Å². The van der Waals surface area contributed by atoms with E-state index < -0.39 is 193 Å². The summed E-state index contributed by atoms with van der Waals surface area (Å²) in [4.78, 5) is 130. The number of hydrogen-bond acceptors (Lipinski definition) is 16. The molecule has 95 heavy (non-hydrogen) atoms. The summed E-state index contributed by atoms with van der Waals surface area (Å²) >= 11 is -0.284. The molecule has 4 bridgehead atoms. The largest absolute Gasteiger partial charge is 0.370 e. The number of benzene rings is 2. The van der Waals surface area contributed by atoms with E-state index in [4.69, 9.17) is 57.3 Å². The summed E-state index contributed by atoms with van der Waals surface area (Å²) in [6.45, 7) is 1.45. The Balaban J connectivity index is 2.44. The average molecular weight is 1400 g/mol. The van der Waals surface area contributed by atoms with Crippen LogP contribution in [0.15, 0.2) is 34.8 Å². The fraction of sp³-hybridized carbons (Fsp3) is 0.537. The first-order valence-electron chi connectivity index (χ1n) is 29.3. The Kier molecular flexibility index (Phi) is 33.3. The lowest BCUT2D eigenvalue weighted by Gasteiger charge is -2.28. The molecule has 3 aliphatic rings. The number of rotatable bonds is 25. The zero-order valence-electron chi connectivity index (χ0n) is 52.0. The lowest BCUT2D eigenvalue weighted by molar-refractivity contribution is -0.135. The van der Waals surface area contributed by atoms with Crippen molar-refractivity contribution < 1.29 is 73.5 Å². The fourth-order valence-electron chi connectivity index (χ4n) is 8.72. The van der Waals surface area contributed by atoms with Crippen LogP contribution >= 0.6 is 23.5 Å². The van der Waals surface area contributed by atoms with E-state index >= 15 is 35.1 Å². The van der Waals surface area contributed by atoms with Gasteiger partial charge in [-0.2, -0.15) is 0 Å². The van der Waals surface area contributed by atoms with Crippen molar-refractivity contribution >= 4 is 100 Å². The first-order valence-corrected chi connectivity index (χ1v) is 31.2. The van der Waals surface area contributed by atoms with E-state index in [1.54, 1.807) is 0 Å². The van der Waals surface area contributed by atoms with Crippen molar-refractivity contribution in [1.29, 1.82) is 0 Å². The summed E-state index contributed by atoms with van der Waals surface area (Å²) in [5.74, 6) is -33.0. The predicted octanol–water partition coefficient (Wildman–Crippen LogP) is -3.23. The number of nitrogens with two attached hydrogens (primary N) is 10. The van der Waals surface area contributed by atoms with Crippen LogP contribution in [0, 0.1) is 52.5 Å². The maximum Gasteiger partial charge on any atom is 0.243 e. The molecule has 0 saturated heterocycles. The second-order valence-corrected chi connectivity index (χ2v) is 23.4. The zero-order valence-corrected chi connectivity index (χ0v) is 53.6. The van der Waals surface area contributed by atoms with Crippen LogP contribution in [0.4, 0.5) is 35.1 Å². The van der Waals surface area contributed by atoms with E-state index in [9.17, 15) is 38.4 Å². The molecule has 0 fully saturated rings. The van der Waals surface area contributed by atoms with Crippen LogP contribution in [0.1, 0.15) is 78.1 Å². The Morgan fingerprint density at radius 3 is 0.958 bits per heavy atom. The molecule has 41 heteroatoms. The fourth-order valence-corrected chi connectivity index (χ4v) is 10.8. The summed E-state index contributed by atoms with van der Waals surface area (Å²) in [5, 5.41) is 19.4. The summed E-state index contributed by atoms with van der Waals surface area (Å²) in [7, 11) is 1.15. The minimum Gasteiger partial charge on any atom is -0.370 e. The molecular weight excluding hydrogens is 1310 g/mol. The molecule has 0 saturated carbocycles. The number of fused-ring (bicyclic) bond motifs is 2. The molecule has 31 nitrogen and oxygen atoms in total. The molecule has 528 valence electrons. The smallest absolute Gasteiger partial charge is 0.243 e. The number of Topliss-reactive ketones (excluding diaryl/α,β-unsaturated/α-hetero) is 1. The van der Waals surface area contributed by atoms with Gasteiger partial charge in [-0.05, 0) is 71.3 Å². The third-order valence-corrected chi connectivity index (χ3v) is 16.0. The lowest BCUT2D eigenvalue weighted by Crippen LogP contribution is -2.60. The molecule has 0 radical (unpaired) electrons.